The molecule has 0 saturated carbocycles. The lowest BCUT2D eigenvalue weighted by molar-refractivity contribution is -0.136. The van der Waals surface area contributed by atoms with E-state index in [2.05, 4.69) is 10.2 Å². The Morgan fingerprint density at radius 2 is 2.18 bits per heavy atom. The third-order valence-corrected chi connectivity index (χ3v) is 2.02. The summed E-state index contributed by atoms with van der Waals surface area (Å²) in [4.78, 5) is 10.6. The maximum atomic E-state index is 10.6. The first-order valence-electron chi connectivity index (χ1n) is 5.00. The Morgan fingerprint density at radius 3 is 2.88 bits per heavy atom. The molecule has 0 aliphatic carbocycles. The number of aliphatic carboxylic acids is 1. The van der Waals surface area contributed by atoms with Crippen LogP contribution in [0.2, 0.25) is 0 Å². The van der Waals surface area contributed by atoms with Crippen LogP contribution in [-0.4, -0.2) is 21.3 Å². The van der Waals surface area contributed by atoms with Gasteiger partial charge in [0.15, 0.2) is 0 Å². The Bertz CT molecular complexity index is 514. The predicted molar refractivity (Wildman–Crippen MR) is 59.9 cm³/mol. The highest BCUT2D eigenvalue weighted by Crippen LogP contribution is 2.19. The molecule has 5 heteroatoms. The number of ether oxygens (including phenoxy) is 1. The van der Waals surface area contributed by atoms with E-state index in [4.69, 9.17) is 9.84 Å². The van der Waals surface area contributed by atoms with Crippen LogP contribution in [-0.2, 0) is 11.2 Å². The van der Waals surface area contributed by atoms with Crippen LogP contribution in [0.1, 0.15) is 5.56 Å². The molecule has 0 aliphatic heterocycles. The van der Waals surface area contributed by atoms with Crippen molar-refractivity contribution in [1.29, 1.82) is 0 Å². The summed E-state index contributed by atoms with van der Waals surface area (Å²) in [6.45, 7) is 0. The van der Waals surface area contributed by atoms with Crippen LogP contribution in [0.3, 0.4) is 0 Å². The Labute approximate surface area is 97.7 Å². The lowest BCUT2D eigenvalue weighted by atomic mass is 10.1. The molecule has 0 radical (unpaired) electrons. The number of hydrogen-bond acceptors (Lipinski definition) is 4. The fraction of sp³-hybridized carbons (Fsp3) is 0.0833. The molecule has 1 N–H and O–H groups in total. The summed E-state index contributed by atoms with van der Waals surface area (Å²) in [5.74, 6) is 0.0471. The van der Waals surface area contributed by atoms with Crippen LogP contribution >= 0.6 is 0 Å². The van der Waals surface area contributed by atoms with Crippen molar-refractivity contribution in [2.45, 2.75) is 6.42 Å². The van der Waals surface area contributed by atoms with E-state index in [1.54, 1.807) is 42.6 Å². The van der Waals surface area contributed by atoms with Crippen LogP contribution in [0.5, 0.6) is 11.6 Å². The van der Waals surface area contributed by atoms with Crippen molar-refractivity contribution in [3.8, 4) is 11.6 Å². The van der Waals surface area contributed by atoms with Crippen LogP contribution < -0.4 is 4.74 Å². The third kappa shape index (κ3) is 3.27. The van der Waals surface area contributed by atoms with Gasteiger partial charge in [0.2, 0.25) is 5.88 Å². The number of aromatic nitrogens is 2. The monoisotopic (exact) mass is 230 g/mol. The van der Waals surface area contributed by atoms with Gasteiger partial charge in [-0.05, 0) is 23.8 Å². The van der Waals surface area contributed by atoms with Gasteiger partial charge in [0.1, 0.15) is 5.75 Å². The topological polar surface area (TPSA) is 72.3 Å². The zero-order valence-electron chi connectivity index (χ0n) is 8.91. The van der Waals surface area contributed by atoms with E-state index in [0.717, 1.165) is 0 Å². The van der Waals surface area contributed by atoms with E-state index in [0.29, 0.717) is 17.2 Å². The largest absolute Gasteiger partial charge is 0.481 e. The maximum absolute atomic E-state index is 10.6. The quantitative estimate of drug-likeness (QED) is 0.868. The van der Waals surface area contributed by atoms with Gasteiger partial charge < -0.3 is 9.84 Å². The average molecular weight is 230 g/mol. The molecule has 5 nitrogen and oxygen atoms in total. The zero-order chi connectivity index (χ0) is 12.1. The van der Waals surface area contributed by atoms with E-state index < -0.39 is 5.97 Å². The van der Waals surface area contributed by atoms with Gasteiger partial charge >= 0.3 is 5.97 Å². The van der Waals surface area contributed by atoms with Crippen LogP contribution in [0, 0.1) is 0 Å². The minimum atomic E-state index is -0.873. The Hall–Kier alpha value is -2.43. The number of hydrogen-bond donors (Lipinski definition) is 1. The molecule has 0 unspecified atom stereocenters. The number of benzene rings is 1. The summed E-state index contributed by atoms with van der Waals surface area (Å²) < 4.78 is 5.43. The standard InChI is InChI=1S/C12H10N2O3/c15-12(16)8-9-3-1-4-10(7-9)17-11-5-2-6-13-14-11/h1-7H,8H2,(H,15,16). The van der Waals surface area contributed by atoms with E-state index in [9.17, 15) is 4.79 Å². The SMILES string of the molecule is O=C(O)Cc1cccc(Oc2cccnn2)c1. The molecule has 2 rings (SSSR count). The number of carboxylic acids is 1. The number of rotatable bonds is 4. The van der Waals surface area contributed by atoms with E-state index >= 15 is 0 Å². The first-order chi connectivity index (χ1) is 8.24. The number of carbonyl (C=O) groups is 1. The fourth-order valence-corrected chi connectivity index (χ4v) is 1.36. The van der Waals surface area contributed by atoms with Gasteiger partial charge in [-0.1, -0.05) is 12.1 Å². The summed E-state index contributed by atoms with van der Waals surface area (Å²) in [5, 5.41) is 16.1. The van der Waals surface area contributed by atoms with E-state index in [1.807, 2.05) is 0 Å². The molecule has 1 aromatic heterocycles. The van der Waals surface area contributed by atoms with Gasteiger partial charge in [-0.15, -0.1) is 5.10 Å². The normalized spacial score (nSPS) is 9.88. The lowest BCUT2D eigenvalue weighted by Gasteiger charge is -2.04. The highest BCUT2D eigenvalue weighted by atomic mass is 16.5. The first kappa shape index (κ1) is 11.1. The Morgan fingerprint density at radius 1 is 1.29 bits per heavy atom. The molecule has 2 aromatic rings. The average Bonchev–Trinajstić information content (AvgIpc) is 2.30. The highest BCUT2D eigenvalue weighted by Gasteiger charge is 2.03. The van der Waals surface area contributed by atoms with Crippen LogP contribution in [0.15, 0.2) is 42.6 Å². The van der Waals surface area contributed by atoms with Gasteiger partial charge in [0.05, 0.1) is 6.42 Å². The van der Waals surface area contributed by atoms with E-state index in [1.165, 1.54) is 0 Å². The Kier molecular flexibility index (Phi) is 3.30. The zero-order valence-corrected chi connectivity index (χ0v) is 8.91. The molecule has 86 valence electrons. The second kappa shape index (κ2) is 5.07. The van der Waals surface area contributed by atoms with Crippen molar-refractivity contribution < 1.29 is 14.6 Å². The van der Waals surface area contributed by atoms with Gasteiger partial charge in [-0.25, -0.2) is 0 Å². The minimum absolute atomic E-state index is 0.0301. The van der Waals surface area contributed by atoms with Crippen molar-refractivity contribution in [1.82, 2.24) is 10.2 Å². The smallest absolute Gasteiger partial charge is 0.307 e. The Balaban J connectivity index is 2.14. The molecule has 0 spiro atoms. The molecule has 0 aliphatic rings. The first-order valence-corrected chi connectivity index (χ1v) is 5.00. The molecule has 0 amide bonds. The maximum Gasteiger partial charge on any atom is 0.307 e. The van der Waals surface area contributed by atoms with Crippen molar-refractivity contribution in [2.24, 2.45) is 0 Å². The van der Waals surface area contributed by atoms with Crippen LogP contribution in [0.4, 0.5) is 0 Å². The second-order valence-electron chi connectivity index (χ2n) is 3.38. The molecule has 1 heterocycles. The lowest BCUT2D eigenvalue weighted by Crippen LogP contribution is -2.00. The molecule has 0 saturated heterocycles. The summed E-state index contributed by atoms with van der Waals surface area (Å²) in [6, 6.07) is 10.3. The molecular formula is C12H10N2O3. The number of nitrogens with zero attached hydrogens (tertiary/aromatic N) is 2. The second-order valence-corrected chi connectivity index (χ2v) is 3.38. The van der Waals surface area contributed by atoms with Gasteiger partial charge in [0.25, 0.3) is 0 Å². The molecule has 17 heavy (non-hydrogen) atoms. The van der Waals surface area contributed by atoms with Crippen molar-refractivity contribution >= 4 is 5.97 Å². The summed E-state index contributed by atoms with van der Waals surface area (Å²) in [6.07, 6.45) is 1.52. The molecular weight excluding hydrogens is 220 g/mol. The minimum Gasteiger partial charge on any atom is -0.481 e. The summed E-state index contributed by atoms with van der Waals surface area (Å²) in [5.41, 5.74) is 0.680. The molecule has 0 fully saturated rings. The molecule has 0 atom stereocenters. The molecule has 0 bridgehead atoms. The van der Waals surface area contributed by atoms with Crippen molar-refractivity contribution in [3.05, 3.63) is 48.2 Å². The van der Waals surface area contributed by atoms with Crippen molar-refractivity contribution in [3.63, 3.8) is 0 Å². The van der Waals surface area contributed by atoms with E-state index in [-0.39, 0.29) is 6.42 Å². The van der Waals surface area contributed by atoms with Crippen LogP contribution in [0.25, 0.3) is 0 Å². The molecule has 1 aromatic carbocycles. The third-order valence-electron chi connectivity index (χ3n) is 2.02. The van der Waals surface area contributed by atoms with Gasteiger partial charge in [-0.3, -0.25) is 4.79 Å². The predicted octanol–water partition coefficient (Wildman–Crippen LogP) is 1.90. The number of carboxylic acid groups (broad SMARTS) is 1. The van der Waals surface area contributed by atoms with Gasteiger partial charge in [0, 0.05) is 12.3 Å². The fourth-order valence-electron chi connectivity index (χ4n) is 1.36. The highest BCUT2D eigenvalue weighted by molar-refractivity contribution is 5.70. The summed E-state index contributed by atoms with van der Waals surface area (Å²) >= 11 is 0. The summed E-state index contributed by atoms with van der Waals surface area (Å²) in [7, 11) is 0. The van der Waals surface area contributed by atoms with Gasteiger partial charge in [-0.2, -0.15) is 5.10 Å². The van der Waals surface area contributed by atoms with Crippen molar-refractivity contribution in [2.75, 3.05) is 0 Å².